The van der Waals surface area contributed by atoms with E-state index in [1.165, 1.54) is 5.41 Å². The Morgan fingerprint density at radius 1 is 1.60 bits per heavy atom. The highest BCUT2D eigenvalue weighted by Crippen LogP contribution is 2.15. The van der Waals surface area contributed by atoms with Gasteiger partial charge in [0.25, 0.3) is 0 Å². The van der Waals surface area contributed by atoms with E-state index >= 15 is 0 Å². The van der Waals surface area contributed by atoms with Gasteiger partial charge >= 0.3 is 6.09 Å². The Morgan fingerprint density at radius 3 is 2.53 bits per heavy atom. The van der Waals surface area contributed by atoms with Crippen molar-refractivity contribution in [3.63, 3.8) is 0 Å². The Balaban J connectivity index is 0.00000225. The lowest BCUT2D eigenvalue weighted by Gasteiger charge is -2.21. The van der Waals surface area contributed by atoms with Crippen molar-refractivity contribution in [1.82, 2.24) is 5.32 Å². The smallest absolute Gasteiger partial charge is 0.407 e. The van der Waals surface area contributed by atoms with Gasteiger partial charge in [-0.3, -0.25) is 0 Å². The molecule has 0 fully saturated rings. The van der Waals surface area contributed by atoms with Crippen molar-refractivity contribution in [1.29, 1.82) is 0 Å². The van der Waals surface area contributed by atoms with Gasteiger partial charge in [-0.15, -0.1) is 0 Å². The summed E-state index contributed by atoms with van der Waals surface area (Å²) >= 11 is 0. The molecule has 1 heterocycles. The predicted molar refractivity (Wildman–Crippen MR) is 58.2 cm³/mol. The Hall–Kier alpha value is -1.04. The molecule has 88 valence electrons. The molecule has 15 heavy (non-hydrogen) atoms. The van der Waals surface area contributed by atoms with Crippen LogP contribution in [0.4, 0.5) is 4.79 Å². The lowest BCUT2D eigenvalue weighted by molar-refractivity contribution is 0.0532. The first-order valence-corrected chi connectivity index (χ1v) is 6.28. The second-order valence-corrected chi connectivity index (χ2v) is 6.29. The quantitative estimate of drug-likeness (QED) is 0.777. The lowest BCUT2D eigenvalue weighted by atomic mass is 10.2. The zero-order valence-corrected chi connectivity index (χ0v) is 9.85. The molecule has 1 rings (SSSR count). The van der Waals surface area contributed by atoms with Gasteiger partial charge in [0.1, 0.15) is 5.60 Å². The Morgan fingerprint density at radius 2 is 2.13 bits per heavy atom. The number of rotatable bonds is 2. The molecule has 1 aliphatic rings. The average Bonchev–Trinajstić information content (AvgIpc) is 1.93. The predicted octanol–water partition coefficient (Wildman–Crippen LogP) is 1.07. The molecule has 0 saturated heterocycles. The molecule has 1 aliphatic heterocycles. The average molecular weight is 235 g/mol. The summed E-state index contributed by atoms with van der Waals surface area (Å²) in [4.78, 5) is 11.2. The Bertz CT molecular complexity index is 394. The van der Waals surface area contributed by atoms with Crippen LogP contribution in [0.2, 0.25) is 0 Å². The van der Waals surface area contributed by atoms with Crippen molar-refractivity contribution in [2.75, 3.05) is 12.3 Å². The van der Waals surface area contributed by atoms with Gasteiger partial charge in [-0.05, 0) is 26.3 Å². The van der Waals surface area contributed by atoms with Crippen LogP contribution in [0, 0.1) is 0 Å². The number of ether oxygens (including phenoxy) is 1. The number of carbonyl (C=O) groups is 1. The minimum Gasteiger partial charge on any atom is -0.444 e. The SMILES string of the molecule is CC(C)(C)OC(=O)NCC1=CS(=O)(=O)C1.[HH]. The first-order valence-electron chi connectivity index (χ1n) is 4.57. The van der Waals surface area contributed by atoms with E-state index in [0.717, 1.165) is 0 Å². The summed E-state index contributed by atoms with van der Waals surface area (Å²) in [7, 11) is -2.97. The number of hydrogen-bond donors (Lipinski definition) is 1. The third-order valence-electron chi connectivity index (χ3n) is 1.59. The van der Waals surface area contributed by atoms with Crippen LogP contribution in [0.5, 0.6) is 0 Å². The fraction of sp³-hybridized carbons (Fsp3) is 0.667. The molecule has 0 aliphatic carbocycles. The Kier molecular flexibility index (Phi) is 3.08. The van der Waals surface area contributed by atoms with Crippen LogP contribution >= 0.6 is 0 Å². The van der Waals surface area contributed by atoms with Crippen LogP contribution < -0.4 is 5.32 Å². The van der Waals surface area contributed by atoms with E-state index in [2.05, 4.69) is 5.32 Å². The number of nitrogens with one attached hydrogen (secondary N) is 1. The minimum atomic E-state index is -2.97. The van der Waals surface area contributed by atoms with Gasteiger partial charge in [0, 0.05) is 13.4 Å². The fourth-order valence-electron chi connectivity index (χ4n) is 1.08. The summed E-state index contributed by atoms with van der Waals surface area (Å²) in [5.41, 5.74) is 0.158. The molecule has 0 atom stereocenters. The maximum atomic E-state index is 11.2. The largest absolute Gasteiger partial charge is 0.444 e. The molecule has 0 bridgehead atoms. The van der Waals surface area contributed by atoms with Crippen molar-refractivity contribution in [2.45, 2.75) is 26.4 Å². The normalized spacial score (nSPS) is 18.7. The van der Waals surface area contributed by atoms with E-state index in [-0.39, 0.29) is 13.7 Å². The van der Waals surface area contributed by atoms with E-state index in [1.807, 2.05) is 0 Å². The number of alkyl carbamates (subject to hydrolysis) is 1. The van der Waals surface area contributed by atoms with Gasteiger partial charge in [-0.1, -0.05) is 0 Å². The van der Waals surface area contributed by atoms with Crippen molar-refractivity contribution >= 4 is 15.9 Å². The molecule has 0 radical (unpaired) electrons. The van der Waals surface area contributed by atoms with Gasteiger partial charge in [0.2, 0.25) is 0 Å². The van der Waals surface area contributed by atoms with Crippen molar-refractivity contribution in [3.8, 4) is 0 Å². The van der Waals surface area contributed by atoms with Gasteiger partial charge < -0.3 is 10.1 Å². The van der Waals surface area contributed by atoms with Crippen LogP contribution in [0.25, 0.3) is 0 Å². The molecule has 0 unspecified atom stereocenters. The molecule has 0 aromatic heterocycles. The molecular weight excluding hydrogens is 218 g/mol. The van der Waals surface area contributed by atoms with Crippen LogP contribution in [0.3, 0.4) is 0 Å². The summed E-state index contributed by atoms with van der Waals surface area (Å²) in [6.07, 6.45) is -0.535. The minimum absolute atomic E-state index is 0. The number of sulfone groups is 1. The highest BCUT2D eigenvalue weighted by Gasteiger charge is 2.23. The molecule has 0 aromatic rings. The molecule has 1 amide bonds. The summed E-state index contributed by atoms with van der Waals surface area (Å²) in [6, 6.07) is 0. The summed E-state index contributed by atoms with van der Waals surface area (Å²) in [6.45, 7) is 5.52. The van der Waals surface area contributed by atoms with Gasteiger partial charge in [0.15, 0.2) is 9.84 Å². The molecular formula is C9H17NO4S. The van der Waals surface area contributed by atoms with Crippen LogP contribution in [0.15, 0.2) is 11.0 Å². The topological polar surface area (TPSA) is 72.5 Å². The molecule has 6 heteroatoms. The maximum Gasteiger partial charge on any atom is 0.407 e. The van der Waals surface area contributed by atoms with Gasteiger partial charge in [0.05, 0.1) is 5.75 Å². The second kappa shape index (κ2) is 3.84. The summed E-state index contributed by atoms with van der Waals surface area (Å²) in [5.74, 6) is 0.0306. The van der Waals surface area contributed by atoms with E-state index in [0.29, 0.717) is 5.57 Å². The molecule has 1 N–H and O–H groups in total. The van der Waals surface area contributed by atoms with Gasteiger partial charge in [-0.25, -0.2) is 13.2 Å². The van der Waals surface area contributed by atoms with E-state index in [1.54, 1.807) is 20.8 Å². The summed E-state index contributed by atoms with van der Waals surface area (Å²) in [5, 5.41) is 3.66. The summed E-state index contributed by atoms with van der Waals surface area (Å²) < 4.78 is 26.5. The van der Waals surface area contributed by atoms with Crippen molar-refractivity contribution in [3.05, 3.63) is 11.0 Å². The Labute approximate surface area is 90.9 Å². The standard InChI is InChI=1S/C9H15NO4S.H2/c1-9(2,3)14-8(11)10-4-7-5-15(12,13)6-7;/h5H,4,6H2,1-3H3,(H,10,11);1H. The number of hydrogen-bond acceptors (Lipinski definition) is 4. The third-order valence-corrected chi connectivity index (χ3v) is 3.06. The van der Waals surface area contributed by atoms with Gasteiger partial charge in [-0.2, -0.15) is 0 Å². The maximum absolute atomic E-state index is 11.2. The fourth-order valence-corrected chi connectivity index (χ4v) is 2.24. The molecule has 0 aromatic carbocycles. The van der Waals surface area contributed by atoms with Crippen LogP contribution in [-0.4, -0.2) is 32.4 Å². The zero-order valence-electron chi connectivity index (χ0n) is 9.03. The van der Waals surface area contributed by atoms with E-state index in [9.17, 15) is 13.2 Å². The van der Waals surface area contributed by atoms with Crippen LogP contribution in [-0.2, 0) is 14.6 Å². The molecule has 5 nitrogen and oxygen atoms in total. The lowest BCUT2D eigenvalue weighted by Crippen LogP contribution is -2.35. The zero-order chi connectivity index (χ0) is 11.7. The van der Waals surface area contributed by atoms with E-state index < -0.39 is 21.5 Å². The van der Waals surface area contributed by atoms with Crippen LogP contribution in [0.1, 0.15) is 22.2 Å². The highest BCUT2D eigenvalue weighted by atomic mass is 32.2. The monoisotopic (exact) mass is 235 g/mol. The first kappa shape index (κ1) is 12.0. The van der Waals surface area contributed by atoms with Crippen molar-refractivity contribution in [2.24, 2.45) is 0 Å². The molecule has 0 saturated carbocycles. The molecule has 0 spiro atoms. The van der Waals surface area contributed by atoms with Crippen molar-refractivity contribution < 1.29 is 19.4 Å². The number of carbonyl (C=O) groups excluding carboxylic acids is 1. The first-order chi connectivity index (χ1) is 6.68. The third kappa shape index (κ3) is 4.33. The highest BCUT2D eigenvalue weighted by molar-refractivity contribution is 7.95. The van der Waals surface area contributed by atoms with E-state index in [4.69, 9.17) is 4.74 Å². The number of amides is 1. The second-order valence-electron chi connectivity index (χ2n) is 4.44.